The van der Waals surface area contributed by atoms with Crippen LogP contribution in [-0.2, 0) is 11.3 Å². The molecule has 1 nitrogen and oxygen atoms in total. The van der Waals surface area contributed by atoms with Crippen LogP contribution in [0.15, 0.2) is 24.3 Å². The maximum absolute atomic E-state index is 5.78. The Hall–Kier alpha value is -0.180. The van der Waals surface area contributed by atoms with Gasteiger partial charge in [0.15, 0.2) is 0 Å². The van der Waals surface area contributed by atoms with E-state index in [1.807, 2.05) is 24.3 Å². The quantitative estimate of drug-likeness (QED) is 0.564. The fourth-order valence-corrected chi connectivity index (χ4v) is 1.61. The third-order valence-electron chi connectivity index (χ3n) is 2.13. The van der Waals surface area contributed by atoms with E-state index in [0.717, 1.165) is 23.8 Å². The molecular formula is C12H17ClOS. The van der Waals surface area contributed by atoms with Crippen molar-refractivity contribution in [3.8, 4) is 0 Å². The number of unbranched alkanes of at least 4 members (excludes halogenated alkanes) is 2. The summed E-state index contributed by atoms with van der Waals surface area (Å²) in [6.07, 6.45) is 3.49. The van der Waals surface area contributed by atoms with Crippen LogP contribution in [0.2, 0.25) is 5.02 Å². The first kappa shape index (κ1) is 12.9. The molecular weight excluding hydrogens is 228 g/mol. The molecule has 0 N–H and O–H groups in total. The molecule has 84 valence electrons. The van der Waals surface area contributed by atoms with Crippen LogP contribution in [0.25, 0.3) is 0 Å². The first-order valence-corrected chi connectivity index (χ1v) is 6.27. The van der Waals surface area contributed by atoms with E-state index in [4.69, 9.17) is 16.3 Å². The van der Waals surface area contributed by atoms with E-state index in [1.54, 1.807) is 0 Å². The van der Waals surface area contributed by atoms with Crippen molar-refractivity contribution in [1.29, 1.82) is 0 Å². The summed E-state index contributed by atoms with van der Waals surface area (Å²) in [6.45, 7) is 1.51. The molecule has 3 heteroatoms. The molecule has 1 rings (SSSR count). The van der Waals surface area contributed by atoms with Crippen molar-refractivity contribution in [3.05, 3.63) is 34.9 Å². The van der Waals surface area contributed by atoms with Crippen LogP contribution in [0.3, 0.4) is 0 Å². The second-order valence-electron chi connectivity index (χ2n) is 3.46. The topological polar surface area (TPSA) is 9.23 Å². The molecule has 0 aliphatic carbocycles. The molecule has 0 fully saturated rings. The van der Waals surface area contributed by atoms with Crippen molar-refractivity contribution >= 4 is 24.2 Å². The standard InChI is InChI=1S/C12H17ClOS/c13-12-6-4-11(5-7-12)10-14-8-2-1-3-9-15/h4-7,15H,1-3,8-10H2. The Balaban J connectivity index is 2.07. The van der Waals surface area contributed by atoms with E-state index >= 15 is 0 Å². The van der Waals surface area contributed by atoms with Crippen LogP contribution < -0.4 is 0 Å². The molecule has 0 saturated heterocycles. The molecule has 0 radical (unpaired) electrons. The molecule has 1 aromatic carbocycles. The lowest BCUT2D eigenvalue weighted by Gasteiger charge is -2.04. The maximum Gasteiger partial charge on any atom is 0.0716 e. The van der Waals surface area contributed by atoms with Gasteiger partial charge in [0, 0.05) is 11.6 Å². The van der Waals surface area contributed by atoms with Crippen molar-refractivity contribution in [1.82, 2.24) is 0 Å². The first-order chi connectivity index (χ1) is 7.33. The van der Waals surface area contributed by atoms with E-state index in [1.165, 1.54) is 18.4 Å². The molecule has 0 saturated carbocycles. The fourth-order valence-electron chi connectivity index (χ4n) is 1.26. The van der Waals surface area contributed by atoms with Gasteiger partial charge in [0.1, 0.15) is 0 Å². The predicted octanol–water partition coefficient (Wildman–Crippen LogP) is 3.96. The molecule has 0 heterocycles. The van der Waals surface area contributed by atoms with Gasteiger partial charge in [-0.05, 0) is 36.3 Å². The SMILES string of the molecule is SCCCCCOCc1ccc(Cl)cc1. The van der Waals surface area contributed by atoms with Gasteiger partial charge >= 0.3 is 0 Å². The van der Waals surface area contributed by atoms with Crippen molar-refractivity contribution in [2.45, 2.75) is 25.9 Å². The third kappa shape index (κ3) is 6.08. The summed E-state index contributed by atoms with van der Waals surface area (Å²) in [5.41, 5.74) is 1.17. The normalized spacial score (nSPS) is 10.5. The smallest absolute Gasteiger partial charge is 0.0716 e. The summed E-state index contributed by atoms with van der Waals surface area (Å²) in [5.74, 6) is 0.969. The summed E-state index contributed by atoms with van der Waals surface area (Å²) in [7, 11) is 0. The minimum Gasteiger partial charge on any atom is -0.377 e. The number of thiol groups is 1. The molecule has 0 aromatic heterocycles. The van der Waals surface area contributed by atoms with Gasteiger partial charge in [0.05, 0.1) is 6.61 Å². The Kier molecular flexibility index (Phi) is 6.90. The lowest BCUT2D eigenvalue weighted by molar-refractivity contribution is 0.117. The molecule has 0 aliphatic rings. The van der Waals surface area contributed by atoms with Gasteiger partial charge in [0.25, 0.3) is 0 Å². The van der Waals surface area contributed by atoms with Gasteiger partial charge in [-0.1, -0.05) is 30.2 Å². The van der Waals surface area contributed by atoms with Gasteiger partial charge in [0.2, 0.25) is 0 Å². The Morgan fingerprint density at radius 1 is 1.07 bits per heavy atom. The first-order valence-electron chi connectivity index (χ1n) is 5.26. The summed E-state index contributed by atoms with van der Waals surface area (Å²) >= 11 is 9.94. The van der Waals surface area contributed by atoms with E-state index in [0.29, 0.717) is 6.61 Å². The highest BCUT2D eigenvalue weighted by Gasteiger charge is 1.93. The molecule has 0 bridgehead atoms. The van der Waals surface area contributed by atoms with Crippen LogP contribution in [-0.4, -0.2) is 12.4 Å². The molecule has 0 amide bonds. The Morgan fingerprint density at radius 3 is 2.47 bits per heavy atom. The van der Waals surface area contributed by atoms with Crippen LogP contribution >= 0.6 is 24.2 Å². The highest BCUT2D eigenvalue weighted by Crippen LogP contribution is 2.10. The van der Waals surface area contributed by atoms with Gasteiger partial charge in [-0.25, -0.2) is 0 Å². The molecule has 1 aromatic rings. The number of ether oxygens (including phenoxy) is 1. The molecule has 0 unspecified atom stereocenters. The zero-order valence-corrected chi connectivity index (χ0v) is 10.4. The zero-order chi connectivity index (χ0) is 10.9. The zero-order valence-electron chi connectivity index (χ0n) is 8.79. The van der Waals surface area contributed by atoms with Gasteiger partial charge in [-0.2, -0.15) is 12.6 Å². The monoisotopic (exact) mass is 244 g/mol. The van der Waals surface area contributed by atoms with Crippen LogP contribution in [0, 0.1) is 0 Å². The van der Waals surface area contributed by atoms with Crippen LogP contribution in [0.1, 0.15) is 24.8 Å². The Labute approximate surface area is 102 Å². The summed E-state index contributed by atoms with van der Waals surface area (Å²) in [4.78, 5) is 0. The highest BCUT2D eigenvalue weighted by molar-refractivity contribution is 7.80. The van der Waals surface area contributed by atoms with E-state index in [2.05, 4.69) is 12.6 Å². The summed E-state index contributed by atoms with van der Waals surface area (Å²) in [5, 5.41) is 0.771. The highest BCUT2D eigenvalue weighted by atomic mass is 35.5. The largest absolute Gasteiger partial charge is 0.377 e. The molecule has 0 spiro atoms. The molecule has 15 heavy (non-hydrogen) atoms. The molecule has 0 atom stereocenters. The van der Waals surface area contributed by atoms with Gasteiger partial charge < -0.3 is 4.74 Å². The summed E-state index contributed by atoms with van der Waals surface area (Å²) < 4.78 is 5.54. The fraction of sp³-hybridized carbons (Fsp3) is 0.500. The maximum atomic E-state index is 5.78. The minimum atomic E-state index is 0.679. The average Bonchev–Trinajstić information content (AvgIpc) is 2.26. The molecule has 0 aliphatic heterocycles. The predicted molar refractivity (Wildman–Crippen MR) is 68.8 cm³/mol. The van der Waals surface area contributed by atoms with Crippen molar-refractivity contribution in [2.75, 3.05) is 12.4 Å². The number of rotatable bonds is 7. The minimum absolute atomic E-state index is 0.679. The van der Waals surface area contributed by atoms with Crippen molar-refractivity contribution < 1.29 is 4.74 Å². The third-order valence-corrected chi connectivity index (χ3v) is 2.70. The van der Waals surface area contributed by atoms with Crippen molar-refractivity contribution in [2.24, 2.45) is 0 Å². The van der Waals surface area contributed by atoms with Crippen LogP contribution in [0.5, 0.6) is 0 Å². The van der Waals surface area contributed by atoms with Gasteiger partial charge in [-0.3, -0.25) is 0 Å². The summed E-state index contributed by atoms with van der Waals surface area (Å²) in [6, 6.07) is 7.77. The lowest BCUT2D eigenvalue weighted by Crippen LogP contribution is -1.95. The number of halogens is 1. The van der Waals surface area contributed by atoms with E-state index in [-0.39, 0.29) is 0 Å². The number of hydrogen-bond donors (Lipinski definition) is 1. The second kappa shape index (κ2) is 8.03. The second-order valence-corrected chi connectivity index (χ2v) is 4.35. The Morgan fingerprint density at radius 2 is 1.80 bits per heavy atom. The van der Waals surface area contributed by atoms with E-state index in [9.17, 15) is 0 Å². The average molecular weight is 245 g/mol. The van der Waals surface area contributed by atoms with Crippen molar-refractivity contribution in [3.63, 3.8) is 0 Å². The number of benzene rings is 1. The van der Waals surface area contributed by atoms with Gasteiger partial charge in [-0.15, -0.1) is 0 Å². The van der Waals surface area contributed by atoms with E-state index < -0.39 is 0 Å². The van der Waals surface area contributed by atoms with Crippen LogP contribution in [0.4, 0.5) is 0 Å². The lowest BCUT2D eigenvalue weighted by atomic mass is 10.2. The Bertz CT molecular complexity index is 261. The number of hydrogen-bond acceptors (Lipinski definition) is 2.